The monoisotopic (exact) mass is 1030 g/mol. The Morgan fingerprint density at radius 1 is 0.451 bits per heavy atom. The third-order valence-electron chi connectivity index (χ3n) is 14.1. The van der Waals surface area contributed by atoms with Crippen LogP contribution >= 0.6 is 7.82 Å². The number of rotatable bonds is 52. The van der Waals surface area contributed by atoms with Gasteiger partial charge < -0.3 is 39.9 Å². The molecule has 0 aliphatic heterocycles. The van der Waals surface area contributed by atoms with E-state index in [1.165, 1.54) is 205 Å². The van der Waals surface area contributed by atoms with Gasteiger partial charge in [0.15, 0.2) is 0 Å². The number of phosphoric ester groups is 1. The van der Waals surface area contributed by atoms with Crippen molar-refractivity contribution < 1.29 is 58.3 Å². The van der Waals surface area contributed by atoms with Crippen molar-refractivity contribution in [3.05, 3.63) is 24.3 Å². The third kappa shape index (κ3) is 39.8. The Morgan fingerprint density at radius 2 is 0.789 bits per heavy atom. The Morgan fingerprint density at radius 3 is 1.18 bits per heavy atom. The fraction of sp³-hybridized carbons (Fsp3) is 0.914. The number of carbonyl (C=O) groups excluding carboxylic acids is 1. The Hall–Kier alpha value is -1.18. The highest BCUT2D eigenvalue weighted by molar-refractivity contribution is 7.47. The van der Waals surface area contributed by atoms with Gasteiger partial charge in [0.2, 0.25) is 0 Å². The lowest BCUT2D eigenvalue weighted by atomic mass is 9.85. The zero-order valence-corrected chi connectivity index (χ0v) is 46.4. The number of aliphatic hydroxyl groups excluding tert-OH is 5. The van der Waals surface area contributed by atoms with Crippen molar-refractivity contribution in [2.75, 3.05) is 19.8 Å². The van der Waals surface area contributed by atoms with E-state index >= 15 is 0 Å². The van der Waals surface area contributed by atoms with Crippen molar-refractivity contribution in [2.45, 2.75) is 320 Å². The van der Waals surface area contributed by atoms with Gasteiger partial charge in [-0.15, -0.1) is 0 Å². The summed E-state index contributed by atoms with van der Waals surface area (Å²) in [5.41, 5.74) is 0. The Kier molecular flexibility index (Phi) is 46.3. The second kappa shape index (κ2) is 48.5. The smallest absolute Gasteiger partial charge is 0.457 e. The number of unbranched alkanes of at least 4 members (excludes halogenated alkanes) is 36. The number of allylic oxidation sites excluding steroid dienone is 4. The van der Waals surface area contributed by atoms with E-state index in [-0.39, 0.29) is 13.0 Å². The van der Waals surface area contributed by atoms with E-state index < -0.39 is 63.1 Å². The number of carbonyl (C=O) groups is 1. The summed E-state index contributed by atoms with van der Waals surface area (Å²) in [4.78, 5) is 23.3. The molecule has 0 aromatic heterocycles. The molecule has 12 nitrogen and oxygen atoms in total. The molecule has 1 saturated carbocycles. The van der Waals surface area contributed by atoms with Crippen LogP contribution in [0.15, 0.2) is 24.3 Å². The summed E-state index contributed by atoms with van der Waals surface area (Å²) in [6.45, 7) is 4.31. The van der Waals surface area contributed by atoms with E-state index in [0.29, 0.717) is 13.0 Å². The molecule has 1 rings (SSSR count). The number of phosphoric acid groups is 1. The Labute approximate surface area is 434 Å². The van der Waals surface area contributed by atoms with Crippen molar-refractivity contribution in [3.8, 4) is 0 Å². The molecule has 6 atom stereocenters. The Balaban J connectivity index is 2.26. The summed E-state index contributed by atoms with van der Waals surface area (Å²) in [5, 5.41) is 50.4. The van der Waals surface area contributed by atoms with E-state index in [4.69, 9.17) is 18.5 Å². The van der Waals surface area contributed by atoms with Crippen LogP contribution in [0.5, 0.6) is 0 Å². The number of aliphatic hydroxyl groups is 5. The van der Waals surface area contributed by atoms with Crippen LogP contribution in [-0.4, -0.2) is 98.9 Å². The molecule has 0 bridgehead atoms. The molecule has 1 fully saturated rings. The van der Waals surface area contributed by atoms with Crippen molar-refractivity contribution >= 4 is 13.8 Å². The normalized spacial score (nSPS) is 20.8. The molecule has 420 valence electrons. The van der Waals surface area contributed by atoms with Gasteiger partial charge >= 0.3 is 13.8 Å². The van der Waals surface area contributed by atoms with Crippen molar-refractivity contribution in [2.24, 2.45) is 0 Å². The molecule has 0 aromatic carbocycles. The van der Waals surface area contributed by atoms with Gasteiger partial charge in [-0.1, -0.05) is 250 Å². The molecule has 71 heavy (non-hydrogen) atoms. The largest absolute Gasteiger partial charge is 0.472 e. The molecule has 1 aliphatic carbocycles. The molecule has 13 heteroatoms. The average Bonchev–Trinajstić information content (AvgIpc) is 3.36. The van der Waals surface area contributed by atoms with E-state index in [1.807, 2.05) is 0 Å². The molecule has 0 amide bonds. The molecular formula is C58H111O12P. The summed E-state index contributed by atoms with van der Waals surface area (Å²) in [6, 6.07) is 0. The van der Waals surface area contributed by atoms with Crippen LogP contribution in [0.3, 0.4) is 0 Å². The number of hydrogen-bond donors (Lipinski definition) is 6. The highest BCUT2D eigenvalue weighted by atomic mass is 31.2. The van der Waals surface area contributed by atoms with Gasteiger partial charge in [-0.05, 0) is 44.9 Å². The van der Waals surface area contributed by atoms with Crippen LogP contribution in [0, 0.1) is 0 Å². The predicted molar refractivity (Wildman–Crippen MR) is 290 cm³/mol. The van der Waals surface area contributed by atoms with Crippen LogP contribution in [0.1, 0.15) is 277 Å². The van der Waals surface area contributed by atoms with Gasteiger partial charge in [-0.3, -0.25) is 13.8 Å². The van der Waals surface area contributed by atoms with E-state index in [9.17, 15) is 39.8 Å². The summed E-state index contributed by atoms with van der Waals surface area (Å²) < 4.78 is 34.4. The van der Waals surface area contributed by atoms with Gasteiger partial charge in [-0.25, -0.2) is 4.57 Å². The maximum Gasteiger partial charge on any atom is 0.472 e. The maximum atomic E-state index is 12.9. The van der Waals surface area contributed by atoms with Gasteiger partial charge in [0.05, 0.1) is 13.2 Å². The molecule has 0 aromatic rings. The average molecular weight is 1030 g/mol. The SMILES string of the molecule is CCCCCCC/C=C\C/C=C\CCCCCCCCCCCCCCOCC(COP(=O)(O)OC1C(O)C(O)C(O)C(O)C1O)OC(=O)CCCCCCCCCCCCCCCCCCCCCC. The van der Waals surface area contributed by atoms with Gasteiger partial charge in [0.1, 0.15) is 42.7 Å². The standard InChI is InChI=1S/C58H111O12P/c1-3-5-7-9-11-13-15-17-19-21-23-25-26-27-28-30-32-34-36-38-40-42-44-46-48-67-49-51(50-68-71(65,66)70-58-56(63)54(61)53(60)55(62)57(58)64)69-52(59)47-45-43-41-39-37-35-33-31-29-24-22-20-18-16-14-12-10-8-6-4-2/h15,17,21,23,51,53-58,60-64H,3-14,16,18-20,22,24-50H2,1-2H3,(H,65,66)/b17-15-,23-21-. The van der Waals surface area contributed by atoms with Crippen molar-refractivity contribution in [1.29, 1.82) is 0 Å². The highest BCUT2D eigenvalue weighted by Crippen LogP contribution is 2.47. The molecule has 0 spiro atoms. The van der Waals surface area contributed by atoms with Crippen LogP contribution < -0.4 is 0 Å². The Bertz CT molecular complexity index is 1270. The van der Waals surface area contributed by atoms with Crippen LogP contribution in [0.2, 0.25) is 0 Å². The summed E-state index contributed by atoms with van der Waals surface area (Å²) >= 11 is 0. The van der Waals surface area contributed by atoms with Gasteiger partial charge in [-0.2, -0.15) is 0 Å². The minimum absolute atomic E-state index is 0.0725. The number of esters is 1. The van der Waals surface area contributed by atoms with Gasteiger partial charge in [0, 0.05) is 13.0 Å². The fourth-order valence-electron chi connectivity index (χ4n) is 9.39. The number of ether oxygens (including phenoxy) is 2. The van der Waals surface area contributed by atoms with E-state index in [1.54, 1.807) is 0 Å². The predicted octanol–water partition coefficient (Wildman–Crippen LogP) is 14.4. The quantitative estimate of drug-likeness (QED) is 0.0146. The lowest BCUT2D eigenvalue weighted by molar-refractivity contribution is -0.220. The lowest BCUT2D eigenvalue weighted by Crippen LogP contribution is -2.64. The second-order valence-electron chi connectivity index (χ2n) is 20.9. The first-order valence-electron chi connectivity index (χ1n) is 29.7. The van der Waals surface area contributed by atoms with E-state index in [2.05, 4.69) is 38.2 Å². The fourth-order valence-corrected chi connectivity index (χ4v) is 10.4. The van der Waals surface area contributed by atoms with E-state index in [0.717, 1.165) is 44.9 Å². The molecule has 0 heterocycles. The zero-order valence-electron chi connectivity index (χ0n) is 45.5. The van der Waals surface area contributed by atoms with Crippen LogP contribution in [-0.2, 0) is 27.9 Å². The third-order valence-corrected chi connectivity index (χ3v) is 15.1. The summed E-state index contributed by atoms with van der Waals surface area (Å²) in [6.07, 6.45) is 46.8. The molecule has 6 unspecified atom stereocenters. The number of hydrogen-bond acceptors (Lipinski definition) is 11. The topological polar surface area (TPSA) is 192 Å². The molecule has 1 aliphatic rings. The second-order valence-corrected chi connectivity index (χ2v) is 22.3. The van der Waals surface area contributed by atoms with Crippen LogP contribution in [0.4, 0.5) is 0 Å². The van der Waals surface area contributed by atoms with Crippen molar-refractivity contribution in [3.63, 3.8) is 0 Å². The van der Waals surface area contributed by atoms with Gasteiger partial charge in [0.25, 0.3) is 0 Å². The highest BCUT2D eigenvalue weighted by Gasteiger charge is 2.51. The first-order valence-corrected chi connectivity index (χ1v) is 31.2. The maximum absolute atomic E-state index is 12.9. The van der Waals surface area contributed by atoms with Crippen molar-refractivity contribution in [1.82, 2.24) is 0 Å². The molecule has 6 N–H and O–H groups in total. The minimum Gasteiger partial charge on any atom is -0.457 e. The molecule has 0 saturated heterocycles. The molecule has 0 radical (unpaired) electrons. The molecular weight excluding hydrogens is 920 g/mol. The summed E-state index contributed by atoms with van der Waals surface area (Å²) in [7, 11) is -5.02. The minimum atomic E-state index is -5.02. The zero-order chi connectivity index (χ0) is 51.9. The first kappa shape index (κ1) is 67.8. The first-order chi connectivity index (χ1) is 34.5. The summed E-state index contributed by atoms with van der Waals surface area (Å²) in [5.74, 6) is -0.470. The van der Waals surface area contributed by atoms with Crippen LogP contribution in [0.25, 0.3) is 0 Å². The lowest BCUT2D eigenvalue weighted by Gasteiger charge is -2.41.